The predicted molar refractivity (Wildman–Crippen MR) is 48.9 cm³/mol. The zero-order valence-electron chi connectivity index (χ0n) is 7.76. The number of hydrogen-bond donors (Lipinski definition) is 0. The number of rotatable bonds is 3. The molecule has 0 saturated carbocycles. The summed E-state index contributed by atoms with van der Waals surface area (Å²) in [5.41, 5.74) is 1.23. The van der Waals surface area contributed by atoms with E-state index in [1.807, 2.05) is 18.2 Å². The van der Waals surface area contributed by atoms with E-state index in [9.17, 15) is 0 Å². The van der Waals surface area contributed by atoms with Crippen molar-refractivity contribution in [3.05, 3.63) is 23.8 Å². The molecule has 0 amide bonds. The summed E-state index contributed by atoms with van der Waals surface area (Å²) in [6.07, 6.45) is 0.994. The van der Waals surface area contributed by atoms with Gasteiger partial charge in [-0.1, -0.05) is 6.92 Å². The van der Waals surface area contributed by atoms with Crippen molar-refractivity contribution in [3.63, 3.8) is 0 Å². The van der Waals surface area contributed by atoms with Crippen LogP contribution in [0.2, 0.25) is 0 Å². The molecule has 1 aromatic carbocycles. The van der Waals surface area contributed by atoms with Crippen molar-refractivity contribution in [1.82, 2.24) is 0 Å². The summed E-state index contributed by atoms with van der Waals surface area (Å²) in [6.45, 7) is 2.11. The molecule has 12 heavy (non-hydrogen) atoms. The van der Waals surface area contributed by atoms with Gasteiger partial charge in [-0.3, -0.25) is 0 Å². The van der Waals surface area contributed by atoms with Crippen LogP contribution in [0.5, 0.6) is 11.5 Å². The molecule has 0 N–H and O–H groups in total. The van der Waals surface area contributed by atoms with E-state index in [2.05, 4.69) is 6.92 Å². The van der Waals surface area contributed by atoms with E-state index in [-0.39, 0.29) is 0 Å². The summed E-state index contributed by atoms with van der Waals surface area (Å²) in [5.74, 6) is 1.71. The van der Waals surface area contributed by atoms with Crippen molar-refractivity contribution in [3.8, 4) is 11.5 Å². The molecule has 0 atom stereocenters. The Labute approximate surface area is 73.1 Å². The average molecular weight is 166 g/mol. The van der Waals surface area contributed by atoms with Gasteiger partial charge in [0.1, 0.15) is 11.5 Å². The van der Waals surface area contributed by atoms with Crippen molar-refractivity contribution >= 4 is 0 Å². The fraction of sp³-hybridized carbons (Fsp3) is 0.400. The topological polar surface area (TPSA) is 18.5 Å². The Morgan fingerprint density at radius 2 is 1.50 bits per heavy atom. The van der Waals surface area contributed by atoms with Crippen LogP contribution in [0.25, 0.3) is 0 Å². The molecule has 0 aromatic heterocycles. The molecular formula is C10H14O2. The van der Waals surface area contributed by atoms with E-state index in [0.717, 1.165) is 17.9 Å². The maximum atomic E-state index is 5.12. The molecule has 0 fully saturated rings. The second-order valence-corrected chi connectivity index (χ2v) is 2.57. The lowest BCUT2D eigenvalue weighted by Crippen LogP contribution is -1.89. The molecule has 0 saturated heterocycles. The third-order valence-corrected chi connectivity index (χ3v) is 1.82. The molecule has 0 aliphatic heterocycles. The van der Waals surface area contributed by atoms with Crippen LogP contribution < -0.4 is 9.47 Å². The normalized spacial score (nSPS) is 9.58. The maximum absolute atomic E-state index is 5.12. The van der Waals surface area contributed by atoms with Crippen LogP contribution >= 0.6 is 0 Å². The van der Waals surface area contributed by atoms with Gasteiger partial charge in [0.25, 0.3) is 0 Å². The zero-order valence-corrected chi connectivity index (χ0v) is 7.76. The molecule has 2 nitrogen and oxygen atoms in total. The summed E-state index contributed by atoms with van der Waals surface area (Å²) >= 11 is 0. The van der Waals surface area contributed by atoms with E-state index in [0.29, 0.717) is 0 Å². The first-order chi connectivity index (χ1) is 5.80. The molecule has 0 heterocycles. The number of methoxy groups -OCH3 is 2. The number of aryl methyl sites for hydroxylation is 1. The highest BCUT2D eigenvalue weighted by atomic mass is 16.5. The van der Waals surface area contributed by atoms with Crippen molar-refractivity contribution in [2.45, 2.75) is 13.3 Å². The number of hydrogen-bond acceptors (Lipinski definition) is 2. The fourth-order valence-electron chi connectivity index (χ4n) is 1.07. The lowest BCUT2D eigenvalue weighted by molar-refractivity contribution is 0.393. The minimum absolute atomic E-state index is 0.853. The lowest BCUT2D eigenvalue weighted by Gasteiger charge is -2.06. The van der Waals surface area contributed by atoms with E-state index < -0.39 is 0 Å². The van der Waals surface area contributed by atoms with Crippen molar-refractivity contribution < 1.29 is 9.47 Å². The van der Waals surface area contributed by atoms with E-state index in [1.165, 1.54) is 5.56 Å². The van der Waals surface area contributed by atoms with E-state index >= 15 is 0 Å². The van der Waals surface area contributed by atoms with Gasteiger partial charge in [-0.05, 0) is 24.1 Å². The minimum atomic E-state index is 0.853. The molecular weight excluding hydrogens is 152 g/mol. The monoisotopic (exact) mass is 166 g/mol. The Hall–Kier alpha value is -1.18. The Kier molecular flexibility index (Phi) is 2.97. The highest BCUT2D eigenvalue weighted by molar-refractivity contribution is 5.38. The van der Waals surface area contributed by atoms with Gasteiger partial charge in [-0.25, -0.2) is 0 Å². The van der Waals surface area contributed by atoms with Gasteiger partial charge < -0.3 is 9.47 Å². The van der Waals surface area contributed by atoms with Crippen LogP contribution in [0.4, 0.5) is 0 Å². The van der Waals surface area contributed by atoms with Crippen LogP contribution in [0.15, 0.2) is 18.2 Å². The number of benzene rings is 1. The summed E-state index contributed by atoms with van der Waals surface area (Å²) < 4.78 is 10.2. The molecule has 0 bridgehead atoms. The molecule has 2 heteroatoms. The zero-order chi connectivity index (χ0) is 8.97. The van der Waals surface area contributed by atoms with Gasteiger partial charge in [0.15, 0.2) is 0 Å². The van der Waals surface area contributed by atoms with Gasteiger partial charge in [0, 0.05) is 6.07 Å². The summed E-state index contributed by atoms with van der Waals surface area (Å²) in [4.78, 5) is 0. The van der Waals surface area contributed by atoms with Crippen molar-refractivity contribution in [1.29, 1.82) is 0 Å². The van der Waals surface area contributed by atoms with Crippen molar-refractivity contribution in [2.75, 3.05) is 14.2 Å². The molecule has 0 unspecified atom stereocenters. The number of ether oxygens (including phenoxy) is 2. The van der Waals surface area contributed by atoms with Gasteiger partial charge in [0.05, 0.1) is 14.2 Å². The third kappa shape index (κ3) is 1.91. The maximum Gasteiger partial charge on any atom is 0.122 e. The molecule has 1 rings (SSSR count). The molecule has 66 valence electrons. The quantitative estimate of drug-likeness (QED) is 0.685. The van der Waals surface area contributed by atoms with E-state index in [4.69, 9.17) is 9.47 Å². The molecule has 0 spiro atoms. The minimum Gasteiger partial charge on any atom is -0.497 e. The van der Waals surface area contributed by atoms with Crippen LogP contribution in [0.1, 0.15) is 12.5 Å². The van der Waals surface area contributed by atoms with Crippen LogP contribution in [0.3, 0.4) is 0 Å². The average Bonchev–Trinajstić information content (AvgIpc) is 2.16. The predicted octanol–water partition coefficient (Wildman–Crippen LogP) is 2.27. The second kappa shape index (κ2) is 4.00. The lowest BCUT2D eigenvalue weighted by atomic mass is 10.1. The third-order valence-electron chi connectivity index (χ3n) is 1.82. The highest BCUT2D eigenvalue weighted by Crippen LogP contribution is 2.22. The van der Waals surface area contributed by atoms with Gasteiger partial charge >= 0.3 is 0 Å². The Morgan fingerprint density at radius 1 is 1.00 bits per heavy atom. The highest BCUT2D eigenvalue weighted by Gasteiger charge is 1.98. The second-order valence-electron chi connectivity index (χ2n) is 2.57. The van der Waals surface area contributed by atoms with Crippen molar-refractivity contribution in [2.24, 2.45) is 0 Å². The standard InChI is InChI=1S/C10H14O2/c1-4-8-5-9(11-2)7-10(6-8)12-3/h5-7H,4H2,1-3H3. The smallest absolute Gasteiger partial charge is 0.122 e. The summed E-state index contributed by atoms with van der Waals surface area (Å²) in [5, 5.41) is 0. The summed E-state index contributed by atoms with van der Waals surface area (Å²) in [6, 6.07) is 5.91. The Morgan fingerprint density at radius 3 is 1.83 bits per heavy atom. The fourth-order valence-corrected chi connectivity index (χ4v) is 1.07. The van der Waals surface area contributed by atoms with Crippen LogP contribution in [-0.4, -0.2) is 14.2 Å². The van der Waals surface area contributed by atoms with Gasteiger partial charge in [-0.2, -0.15) is 0 Å². The first-order valence-corrected chi connectivity index (χ1v) is 4.02. The summed E-state index contributed by atoms with van der Waals surface area (Å²) in [7, 11) is 3.32. The Balaban J connectivity index is 3.01. The molecule has 1 aromatic rings. The van der Waals surface area contributed by atoms with E-state index in [1.54, 1.807) is 14.2 Å². The Bertz CT molecular complexity index is 201. The van der Waals surface area contributed by atoms with Crippen LogP contribution in [-0.2, 0) is 6.42 Å². The van der Waals surface area contributed by atoms with Gasteiger partial charge in [0.2, 0.25) is 0 Å². The largest absolute Gasteiger partial charge is 0.497 e. The molecule has 0 aliphatic rings. The van der Waals surface area contributed by atoms with Crippen LogP contribution in [0, 0.1) is 0 Å². The first-order valence-electron chi connectivity index (χ1n) is 4.02. The van der Waals surface area contributed by atoms with Gasteiger partial charge in [-0.15, -0.1) is 0 Å². The SMILES string of the molecule is CCc1cc(OC)cc(OC)c1. The first kappa shape index (κ1) is 8.91. The molecule has 0 aliphatic carbocycles. The molecule has 0 radical (unpaired) electrons.